The molecule has 0 bridgehead atoms. The number of carbonyl (C=O) groups is 2. The van der Waals surface area contributed by atoms with Crippen molar-refractivity contribution < 1.29 is 24.0 Å². The first-order valence-corrected chi connectivity index (χ1v) is 12.0. The van der Waals surface area contributed by atoms with Crippen LogP contribution in [0.15, 0.2) is 30.3 Å². The Balaban J connectivity index is 1.40. The van der Waals surface area contributed by atoms with E-state index in [0.717, 1.165) is 37.6 Å². The molecule has 1 fully saturated rings. The molecule has 10 heteroatoms. The summed E-state index contributed by atoms with van der Waals surface area (Å²) in [5.41, 5.74) is 3.18. The number of rotatable bonds is 7. The van der Waals surface area contributed by atoms with Crippen molar-refractivity contribution in [3.05, 3.63) is 52.7 Å². The van der Waals surface area contributed by atoms with Crippen molar-refractivity contribution in [3.8, 4) is 0 Å². The Labute approximate surface area is 206 Å². The van der Waals surface area contributed by atoms with Gasteiger partial charge >= 0.3 is 13.1 Å². The number of esters is 1. The van der Waals surface area contributed by atoms with Crippen molar-refractivity contribution in [3.63, 3.8) is 0 Å². The average Bonchev–Trinajstić information content (AvgIpc) is 3.23. The predicted octanol–water partition coefficient (Wildman–Crippen LogP) is 0.857. The number of ether oxygens (including phenoxy) is 1. The van der Waals surface area contributed by atoms with Gasteiger partial charge in [-0.2, -0.15) is 0 Å². The number of piperazine rings is 1. The van der Waals surface area contributed by atoms with Crippen molar-refractivity contribution in [1.29, 1.82) is 0 Å². The lowest BCUT2D eigenvalue weighted by atomic mass is 9.75. The topological polar surface area (TPSA) is 104 Å². The highest BCUT2D eigenvalue weighted by Crippen LogP contribution is 2.18. The molecule has 0 spiro atoms. The highest BCUT2D eigenvalue weighted by atomic mass is 16.5. The second-order valence-corrected chi connectivity index (χ2v) is 9.55. The number of amides is 1. The summed E-state index contributed by atoms with van der Waals surface area (Å²) >= 11 is 0. The van der Waals surface area contributed by atoms with E-state index in [1.165, 1.54) is 0 Å². The Hall–Kier alpha value is -2.95. The number of aromatic nitrogens is 1. The molecule has 186 valence electrons. The van der Waals surface area contributed by atoms with Crippen LogP contribution in [0.2, 0.25) is 0 Å². The number of likely N-dealkylation sites (N-methyl/N-ethyl adjacent to an activating group) is 1. The summed E-state index contributed by atoms with van der Waals surface area (Å²) in [5, 5.41) is 12.9. The van der Waals surface area contributed by atoms with E-state index in [2.05, 4.69) is 27.1 Å². The number of fused-ring (bicyclic) bond motifs is 1. The molecule has 1 aromatic carbocycles. The fourth-order valence-corrected chi connectivity index (χ4v) is 4.46. The van der Waals surface area contributed by atoms with E-state index in [0.29, 0.717) is 28.9 Å². The summed E-state index contributed by atoms with van der Waals surface area (Å²) < 4.78 is 10.8. The van der Waals surface area contributed by atoms with E-state index < -0.39 is 25.0 Å². The number of nitrogens with one attached hydrogen (secondary N) is 1. The predicted molar refractivity (Wildman–Crippen MR) is 133 cm³/mol. The van der Waals surface area contributed by atoms with Gasteiger partial charge in [0.25, 0.3) is 5.91 Å². The third-order valence-corrected chi connectivity index (χ3v) is 6.68. The van der Waals surface area contributed by atoms with Crippen LogP contribution in [0.5, 0.6) is 0 Å². The normalized spacial score (nSPS) is 16.9. The second-order valence-electron chi connectivity index (χ2n) is 9.55. The summed E-state index contributed by atoms with van der Waals surface area (Å²) in [5.74, 6) is -0.212. The van der Waals surface area contributed by atoms with E-state index in [1.807, 2.05) is 32.0 Å². The molecule has 1 unspecified atom stereocenters. The molecule has 2 aromatic rings. The van der Waals surface area contributed by atoms with Crippen LogP contribution in [0.1, 0.15) is 41.0 Å². The van der Waals surface area contributed by atoms with Crippen LogP contribution in [0, 0.1) is 12.8 Å². The molecule has 9 nitrogen and oxygen atoms in total. The zero-order valence-electron chi connectivity index (χ0n) is 20.8. The fourth-order valence-electron chi connectivity index (χ4n) is 4.46. The van der Waals surface area contributed by atoms with Gasteiger partial charge in [-0.3, -0.25) is 4.79 Å². The highest BCUT2D eigenvalue weighted by Gasteiger charge is 2.32. The van der Waals surface area contributed by atoms with Crippen LogP contribution in [-0.4, -0.2) is 73.2 Å². The Morgan fingerprint density at radius 3 is 2.66 bits per heavy atom. The van der Waals surface area contributed by atoms with E-state index in [1.54, 1.807) is 19.1 Å². The van der Waals surface area contributed by atoms with E-state index in [4.69, 9.17) is 9.39 Å². The summed E-state index contributed by atoms with van der Waals surface area (Å²) in [6, 6.07) is 8.36. The number of pyridine rings is 1. The van der Waals surface area contributed by atoms with Crippen LogP contribution >= 0.6 is 0 Å². The standard InChI is InChI=1S/C25H33BN4O5/c1-16(2)23(28-24(31)20-9-8-18-14-35-26(33)22(18)17(20)3)25(32)34-15-19-6-5-7-21(27-19)30-12-10-29(4)11-13-30/h5-9,16,23,33H,10-15H2,1-4H3,(H,28,31). The molecule has 1 amide bonds. The first-order valence-electron chi connectivity index (χ1n) is 12.0. The minimum atomic E-state index is -1.04. The van der Waals surface area contributed by atoms with Gasteiger partial charge in [0, 0.05) is 31.7 Å². The molecule has 4 rings (SSSR count). The minimum Gasteiger partial charge on any atom is -0.458 e. The number of hydrogen-bond donors (Lipinski definition) is 2. The summed E-state index contributed by atoms with van der Waals surface area (Å²) in [4.78, 5) is 35.1. The maximum absolute atomic E-state index is 13.0. The van der Waals surface area contributed by atoms with Gasteiger partial charge in [0.05, 0.1) is 12.3 Å². The molecule has 1 atom stereocenters. The summed E-state index contributed by atoms with van der Waals surface area (Å²) in [6.07, 6.45) is 0. The molecule has 2 N–H and O–H groups in total. The van der Waals surface area contributed by atoms with Crippen LogP contribution < -0.4 is 15.7 Å². The van der Waals surface area contributed by atoms with Gasteiger partial charge in [-0.15, -0.1) is 0 Å². The van der Waals surface area contributed by atoms with Crippen LogP contribution in [0.4, 0.5) is 5.82 Å². The van der Waals surface area contributed by atoms with Crippen molar-refractivity contribution in [2.45, 2.75) is 40.0 Å². The maximum Gasteiger partial charge on any atom is 0.492 e. The van der Waals surface area contributed by atoms with Gasteiger partial charge < -0.3 is 29.5 Å². The van der Waals surface area contributed by atoms with E-state index >= 15 is 0 Å². The van der Waals surface area contributed by atoms with Gasteiger partial charge in [-0.05, 0) is 54.7 Å². The summed E-state index contributed by atoms with van der Waals surface area (Å²) in [7, 11) is 1.06. The molecule has 0 radical (unpaired) electrons. The Bertz CT molecular complexity index is 1090. The van der Waals surface area contributed by atoms with E-state index in [-0.39, 0.29) is 12.5 Å². The van der Waals surface area contributed by atoms with Gasteiger partial charge in [0.1, 0.15) is 18.5 Å². The lowest BCUT2D eigenvalue weighted by Gasteiger charge is -2.33. The zero-order chi connectivity index (χ0) is 25.1. The molecule has 2 aliphatic heterocycles. The lowest BCUT2D eigenvalue weighted by molar-refractivity contribution is -0.148. The molecule has 3 heterocycles. The SMILES string of the molecule is Cc1c(C(=O)NC(C(=O)OCc2cccc(N3CCN(C)CC3)n2)C(C)C)ccc2c1B(O)OC2. The van der Waals surface area contributed by atoms with Crippen LogP contribution in [-0.2, 0) is 27.4 Å². The van der Waals surface area contributed by atoms with Gasteiger partial charge in [-0.25, -0.2) is 9.78 Å². The van der Waals surface area contributed by atoms with Crippen LogP contribution in [0.25, 0.3) is 0 Å². The number of anilines is 1. The molecule has 1 saturated heterocycles. The number of hydrogen-bond acceptors (Lipinski definition) is 8. The first-order chi connectivity index (χ1) is 16.7. The van der Waals surface area contributed by atoms with Crippen LogP contribution in [0.3, 0.4) is 0 Å². The summed E-state index contributed by atoms with van der Waals surface area (Å²) in [6.45, 7) is 9.58. The van der Waals surface area contributed by atoms with Crippen molar-refractivity contribution >= 4 is 30.3 Å². The largest absolute Gasteiger partial charge is 0.492 e. The first kappa shape index (κ1) is 25.2. The molecule has 0 aliphatic carbocycles. The molecular formula is C25H33BN4O5. The van der Waals surface area contributed by atoms with Gasteiger partial charge in [0.2, 0.25) is 0 Å². The average molecular weight is 480 g/mol. The molecular weight excluding hydrogens is 447 g/mol. The molecule has 2 aliphatic rings. The zero-order valence-corrected chi connectivity index (χ0v) is 20.8. The maximum atomic E-state index is 13.0. The quantitative estimate of drug-likeness (QED) is 0.444. The highest BCUT2D eigenvalue weighted by molar-refractivity contribution is 6.62. The lowest BCUT2D eigenvalue weighted by Crippen LogP contribution is -2.46. The Morgan fingerprint density at radius 2 is 1.94 bits per heavy atom. The van der Waals surface area contributed by atoms with Crippen molar-refractivity contribution in [2.75, 3.05) is 38.1 Å². The monoisotopic (exact) mass is 480 g/mol. The van der Waals surface area contributed by atoms with Crippen molar-refractivity contribution in [1.82, 2.24) is 15.2 Å². The van der Waals surface area contributed by atoms with Gasteiger partial charge in [-0.1, -0.05) is 26.0 Å². The molecule has 35 heavy (non-hydrogen) atoms. The third-order valence-electron chi connectivity index (χ3n) is 6.68. The smallest absolute Gasteiger partial charge is 0.458 e. The molecule has 0 saturated carbocycles. The second kappa shape index (κ2) is 10.8. The van der Waals surface area contributed by atoms with E-state index in [9.17, 15) is 14.6 Å². The number of nitrogens with zero attached hydrogens (tertiary/aromatic N) is 3. The number of benzene rings is 1. The Kier molecular flexibility index (Phi) is 7.74. The minimum absolute atomic E-state index is 0.0287. The fraction of sp³-hybridized carbons (Fsp3) is 0.480. The molecule has 1 aromatic heterocycles. The Morgan fingerprint density at radius 1 is 1.20 bits per heavy atom. The number of carbonyl (C=O) groups excluding carboxylic acids is 2. The van der Waals surface area contributed by atoms with Gasteiger partial charge in [0.15, 0.2) is 0 Å². The van der Waals surface area contributed by atoms with Crippen molar-refractivity contribution in [2.24, 2.45) is 5.92 Å². The third kappa shape index (κ3) is 5.66.